The van der Waals surface area contributed by atoms with E-state index in [0.29, 0.717) is 32.9 Å². The number of amides is 1. The molecule has 1 heterocycles. The van der Waals surface area contributed by atoms with E-state index < -0.39 is 0 Å². The molecular formula is C19H16FIN2O3. The summed E-state index contributed by atoms with van der Waals surface area (Å²) in [5.41, 5.74) is 2.20. The van der Waals surface area contributed by atoms with Crippen molar-refractivity contribution in [1.29, 1.82) is 0 Å². The fraction of sp³-hybridized carbons (Fsp3) is 0.158. The lowest BCUT2D eigenvalue weighted by Gasteiger charge is -2.11. The summed E-state index contributed by atoms with van der Waals surface area (Å²) in [4.78, 5) is 12.7. The first-order valence-corrected chi connectivity index (χ1v) is 9.01. The Labute approximate surface area is 163 Å². The van der Waals surface area contributed by atoms with E-state index in [1.165, 1.54) is 29.3 Å². The van der Waals surface area contributed by atoms with Crippen LogP contribution in [-0.4, -0.2) is 23.3 Å². The number of carbonyl (C=O) groups excluding carboxylic acids is 1. The molecule has 2 aromatic rings. The maximum Gasteiger partial charge on any atom is 0.280 e. The number of hydrogen-bond acceptors (Lipinski definition) is 4. The smallest absolute Gasteiger partial charge is 0.280 e. The van der Waals surface area contributed by atoms with E-state index in [0.717, 1.165) is 5.56 Å². The van der Waals surface area contributed by atoms with Crippen LogP contribution in [0.3, 0.4) is 0 Å². The van der Waals surface area contributed by atoms with Crippen LogP contribution in [0.1, 0.15) is 19.4 Å². The number of nitrogens with zero attached hydrogens (tertiary/aromatic N) is 2. The molecule has 134 valence electrons. The molecule has 1 amide bonds. The lowest BCUT2D eigenvalue weighted by atomic mass is 10.1. The molecule has 7 heteroatoms. The highest BCUT2D eigenvalue weighted by Crippen LogP contribution is 2.34. The van der Waals surface area contributed by atoms with Gasteiger partial charge in [0.2, 0.25) is 0 Å². The minimum atomic E-state index is -0.376. The van der Waals surface area contributed by atoms with Crippen molar-refractivity contribution in [3.05, 3.63) is 56.9 Å². The van der Waals surface area contributed by atoms with Gasteiger partial charge < -0.3 is 9.84 Å². The van der Waals surface area contributed by atoms with E-state index in [1.54, 1.807) is 25.1 Å². The quantitative estimate of drug-likeness (QED) is 0.539. The van der Waals surface area contributed by atoms with Crippen molar-refractivity contribution in [3.63, 3.8) is 0 Å². The largest absolute Gasteiger partial charge is 0.504 e. The lowest BCUT2D eigenvalue weighted by molar-refractivity contribution is -0.114. The second-order valence-corrected chi connectivity index (χ2v) is 6.78. The fourth-order valence-electron chi connectivity index (χ4n) is 2.55. The molecule has 1 aliphatic rings. The SMILES string of the molecule is CCOc1cc(/C=C2/C(=O)N(c3ccc(F)cc3)N=C2C)cc(I)c1O. The highest BCUT2D eigenvalue weighted by molar-refractivity contribution is 14.1. The van der Waals surface area contributed by atoms with Crippen molar-refractivity contribution < 1.29 is 19.0 Å². The molecule has 3 rings (SSSR count). The first-order chi connectivity index (χ1) is 12.4. The minimum Gasteiger partial charge on any atom is -0.504 e. The van der Waals surface area contributed by atoms with E-state index in [2.05, 4.69) is 5.10 Å². The van der Waals surface area contributed by atoms with Crippen molar-refractivity contribution in [2.75, 3.05) is 11.6 Å². The van der Waals surface area contributed by atoms with E-state index in [-0.39, 0.29) is 17.5 Å². The zero-order valence-electron chi connectivity index (χ0n) is 14.2. The van der Waals surface area contributed by atoms with Crippen molar-refractivity contribution in [2.24, 2.45) is 5.10 Å². The summed E-state index contributed by atoms with van der Waals surface area (Å²) in [6.45, 7) is 3.98. The van der Waals surface area contributed by atoms with Gasteiger partial charge in [0.1, 0.15) is 5.82 Å². The van der Waals surface area contributed by atoms with Gasteiger partial charge in [-0.15, -0.1) is 0 Å². The Bertz CT molecular complexity index is 923. The van der Waals surface area contributed by atoms with Crippen LogP contribution in [-0.2, 0) is 4.79 Å². The van der Waals surface area contributed by atoms with Crippen LogP contribution >= 0.6 is 22.6 Å². The molecule has 0 bridgehead atoms. The van der Waals surface area contributed by atoms with E-state index in [1.807, 2.05) is 29.5 Å². The number of phenols is 1. The van der Waals surface area contributed by atoms with Gasteiger partial charge in [-0.05, 0) is 84.5 Å². The van der Waals surface area contributed by atoms with E-state index in [9.17, 15) is 14.3 Å². The van der Waals surface area contributed by atoms with Gasteiger partial charge in [0.15, 0.2) is 11.5 Å². The molecule has 1 aliphatic heterocycles. The zero-order chi connectivity index (χ0) is 18.8. The lowest BCUT2D eigenvalue weighted by Crippen LogP contribution is -2.21. The number of ether oxygens (including phenoxy) is 1. The molecule has 26 heavy (non-hydrogen) atoms. The molecule has 1 N–H and O–H groups in total. The molecule has 0 saturated heterocycles. The van der Waals surface area contributed by atoms with Crippen molar-refractivity contribution >= 4 is 46.0 Å². The average Bonchev–Trinajstić information content (AvgIpc) is 2.88. The topological polar surface area (TPSA) is 62.1 Å². The minimum absolute atomic E-state index is 0.0747. The third kappa shape index (κ3) is 3.57. The van der Waals surface area contributed by atoms with Gasteiger partial charge in [0.25, 0.3) is 5.91 Å². The number of aromatic hydroxyl groups is 1. The highest BCUT2D eigenvalue weighted by Gasteiger charge is 2.28. The van der Waals surface area contributed by atoms with Crippen LogP contribution in [0.4, 0.5) is 10.1 Å². The molecular weight excluding hydrogens is 450 g/mol. The molecule has 2 aromatic carbocycles. The molecule has 0 aliphatic carbocycles. The van der Waals surface area contributed by atoms with Gasteiger partial charge >= 0.3 is 0 Å². The monoisotopic (exact) mass is 466 g/mol. The van der Waals surface area contributed by atoms with Gasteiger partial charge in [-0.25, -0.2) is 4.39 Å². The maximum absolute atomic E-state index is 13.1. The number of phenolic OH excluding ortho intramolecular Hbond substituents is 1. The Morgan fingerprint density at radius 3 is 2.65 bits per heavy atom. The summed E-state index contributed by atoms with van der Waals surface area (Å²) in [6.07, 6.45) is 1.70. The molecule has 0 saturated carbocycles. The standard InChI is InChI=1S/C19H16FIN2O3/c1-3-26-17-10-12(9-16(21)18(17)24)8-15-11(2)22-23(19(15)25)14-6-4-13(20)5-7-14/h4-10,24H,3H2,1-2H3/b15-8+. The molecule has 0 fully saturated rings. The van der Waals surface area contributed by atoms with Gasteiger partial charge in [-0.1, -0.05) is 0 Å². The molecule has 0 unspecified atom stereocenters. The number of halogens is 2. The normalized spacial score (nSPS) is 15.5. The molecule has 0 atom stereocenters. The Morgan fingerprint density at radius 1 is 1.31 bits per heavy atom. The third-order valence-electron chi connectivity index (χ3n) is 3.80. The second kappa shape index (κ2) is 7.45. The second-order valence-electron chi connectivity index (χ2n) is 5.62. The average molecular weight is 466 g/mol. The summed E-state index contributed by atoms with van der Waals surface area (Å²) in [6, 6.07) is 9.01. The number of hydrazone groups is 1. The fourth-order valence-corrected chi connectivity index (χ4v) is 3.18. The highest BCUT2D eigenvalue weighted by atomic mass is 127. The van der Waals surface area contributed by atoms with Crippen molar-refractivity contribution in [2.45, 2.75) is 13.8 Å². The van der Waals surface area contributed by atoms with Crippen LogP contribution in [0, 0.1) is 9.39 Å². The Morgan fingerprint density at radius 2 is 2.00 bits per heavy atom. The molecule has 0 aromatic heterocycles. The van der Waals surface area contributed by atoms with Gasteiger partial charge in [-0.3, -0.25) is 4.79 Å². The summed E-state index contributed by atoms with van der Waals surface area (Å²) < 4.78 is 19.2. The summed E-state index contributed by atoms with van der Waals surface area (Å²) >= 11 is 2.01. The summed E-state index contributed by atoms with van der Waals surface area (Å²) in [7, 11) is 0. The third-order valence-corrected chi connectivity index (χ3v) is 4.62. The van der Waals surface area contributed by atoms with Crippen LogP contribution in [0.2, 0.25) is 0 Å². The Balaban J connectivity index is 1.96. The number of rotatable bonds is 4. The van der Waals surface area contributed by atoms with Gasteiger partial charge in [0.05, 0.1) is 27.1 Å². The predicted molar refractivity (Wildman–Crippen MR) is 107 cm³/mol. The Kier molecular flexibility index (Phi) is 5.26. The van der Waals surface area contributed by atoms with Crippen LogP contribution in [0.15, 0.2) is 47.1 Å². The van der Waals surface area contributed by atoms with Gasteiger partial charge in [-0.2, -0.15) is 10.1 Å². The van der Waals surface area contributed by atoms with E-state index in [4.69, 9.17) is 4.74 Å². The first kappa shape index (κ1) is 18.4. The number of hydrogen-bond donors (Lipinski definition) is 1. The number of carbonyl (C=O) groups is 1. The summed E-state index contributed by atoms with van der Waals surface area (Å²) in [5.74, 6) is -0.235. The van der Waals surface area contributed by atoms with Crippen LogP contribution in [0.25, 0.3) is 6.08 Å². The number of benzene rings is 2. The van der Waals surface area contributed by atoms with Gasteiger partial charge in [0, 0.05) is 0 Å². The Hall–Kier alpha value is -2.42. The molecule has 0 spiro atoms. The van der Waals surface area contributed by atoms with Crippen molar-refractivity contribution in [3.8, 4) is 11.5 Å². The first-order valence-electron chi connectivity index (χ1n) is 7.93. The van der Waals surface area contributed by atoms with Crippen LogP contribution < -0.4 is 9.75 Å². The molecule has 5 nitrogen and oxygen atoms in total. The predicted octanol–water partition coefficient (Wildman–Crippen LogP) is 4.34. The molecule has 0 radical (unpaired) electrons. The maximum atomic E-state index is 13.1. The summed E-state index contributed by atoms with van der Waals surface area (Å²) in [5, 5.41) is 15.6. The van der Waals surface area contributed by atoms with Crippen LogP contribution in [0.5, 0.6) is 11.5 Å². The van der Waals surface area contributed by atoms with E-state index >= 15 is 0 Å². The zero-order valence-corrected chi connectivity index (χ0v) is 16.3. The number of anilines is 1. The van der Waals surface area contributed by atoms with Crippen molar-refractivity contribution in [1.82, 2.24) is 0 Å².